The first-order valence-corrected chi connectivity index (χ1v) is 8.07. The molecule has 0 spiro atoms. The van der Waals surface area contributed by atoms with Gasteiger partial charge in [0.25, 0.3) is 0 Å². The van der Waals surface area contributed by atoms with Crippen LogP contribution in [0.2, 0.25) is 0 Å². The van der Waals surface area contributed by atoms with Crippen molar-refractivity contribution in [2.75, 3.05) is 13.2 Å². The highest BCUT2D eigenvalue weighted by Gasteiger charge is 2.72. The van der Waals surface area contributed by atoms with Gasteiger partial charge in [0, 0.05) is 0 Å². The molecule has 0 aromatic heterocycles. The number of carbonyl (C=O) groups excluding carboxylic acids is 2. The smallest absolute Gasteiger partial charge is 0.313 e. The van der Waals surface area contributed by atoms with Gasteiger partial charge in [-0.1, -0.05) is 26.0 Å². The Balaban J connectivity index is 2.56. The first-order valence-electron chi connectivity index (χ1n) is 8.07. The fraction of sp³-hybridized carbons (Fsp3) is 0.765. The minimum absolute atomic E-state index is 0.0795. The zero-order valence-corrected chi connectivity index (χ0v) is 13.5. The van der Waals surface area contributed by atoms with Crippen LogP contribution in [-0.4, -0.2) is 25.2 Å². The lowest BCUT2D eigenvalue weighted by Gasteiger charge is -2.47. The lowest BCUT2D eigenvalue weighted by Crippen LogP contribution is -2.55. The van der Waals surface area contributed by atoms with E-state index in [1.54, 1.807) is 0 Å². The molecule has 4 heteroatoms. The third-order valence-electron chi connectivity index (χ3n) is 5.54. The zero-order chi connectivity index (χ0) is 15.7. The Morgan fingerprint density at radius 1 is 0.905 bits per heavy atom. The normalized spacial score (nSPS) is 36.8. The summed E-state index contributed by atoms with van der Waals surface area (Å²) in [5, 5.41) is 0. The third-order valence-corrected chi connectivity index (χ3v) is 5.54. The summed E-state index contributed by atoms with van der Waals surface area (Å²) < 4.78 is 10.8. The molecule has 21 heavy (non-hydrogen) atoms. The highest BCUT2D eigenvalue weighted by Crippen LogP contribution is 2.67. The van der Waals surface area contributed by atoms with Gasteiger partial charge >= 0.3 is 11.9 Å². The van der Waals surface area contributed by atoms with E-state index in [4.69, 9.17) is 9.47 Å². The first kappa shape index (κ1) is 16.1. The van der Waals surface area contributed by atoms with E-state index in [9.17, 15) is 9.59 Å². The van der Waals surface area contributed by atoms with Gasteiger partial charge in [-0.2, -0.15) is 0 Å². The lowest BCUT2D eigenvalue weighted by atomic mass is 9.55. The second-order valence-corrected chi connectivity index (χ2v) is 5.92. The standard InChI is InChI=1S/C17H26O4/c1-5-16(14(18)20-7-3)12-9-10-13(11-12)17(16,6-2)15(19)21-8-4/h9-10,12-13H,5-8,11H2,1-4H3/t12-,13-,16?,17?/m1/s1. The molecule has 2 bridgehead atoms. The Morgan fingerprint density at radius 3 is 1.57 bits per heavy atom. The second-order valence-electron chi connectivity index (χ2n) is 5.92. The van der Waals surface area contributed by atoms with Gasteiger partial charge in [0.1, 0.15) is 0 Å². The van der Waals surface area contributed by atoms with Crippen molar-refractivity contribution >= 4 is 11.9 Å². The van der Waals surface area contributed by atoms with Crippen LogP contribution in [0.1, 0.15) is 47.0 Å². The third kappa shape index (κ3) is 1.87. The SMILES string of the molecule is CCOC(=O)C1(CC)[C@@H]2C=C[C@H](C2)C1(CC)C(=O)OCC. The molecule has 1 saturated carbocycles. The summed E-state index contributed by atoms with van der Waals surface area (Å²) in [5.41, 5.74) is -1.55. The molecule has 0 heterocycles. The Morgan fingerprint density at radius 2 is 1.29 bits per heavy atom. The van der Waals surface area contributed by atoms with Gasteiger partial charge < -0.3 is 9.47 Å². The quantitative estimate of drug-likeness (QED) is 0.558. The summed E-state index contributed by atoms with van der Waals surface area (Å²) in [7, 11) is 0. The molecule has 0 aromatic carbocycles. The van der Waals surface area contributed by atoms with Gasteiger partial charge in [-0.05, 0) is 44.9 Å². The van der Waals surface area contributed by atoms with Crippen LogP contribution in [-0.2, 0) is 19.1 Å². The summed E-state index contributed by atoms with van der Waals surface area (Å²) in [6, 6.07) is 0. The number of carbonyl (C=O) groups is 2. The number of hydrogen-bond acceptors (Lipinski definition) is 4. The van der Waals surface area contributed by atoms with Crippen LogP contribution < -0.4 is 0 Å². The number of hydrogen-bond donors (Lipinski definition) is 0. The van der Waals surface area contributed by atoms with E-state index in [1.165, 1.54) is 0 Å². The van der Waals surface area contributed by atoms with E-state index in [-0.39, 0.29) is 23.8 Å². The maximum atomic E-state index is 12.8. The summed E-state index contributed by atoms with van der Waals surface area (Å²) >= 11 is 0. The van der Waals surface area contributed by atoms with Crippen LogP contribution in [0.4, 0.5) is 0 Å². The van der Waals surface area contributed by atoms with E-state index >= 15 is 0 Å². The molecule has 0 saturated heterocycles. The van der Waals surface area contributed by atoms with Crippen molar-refractivity contribution in [3.05, 3.63) is 12.2 Å². The van der Waals surface area contributed by atoms with Gasteiger partial charge in [0.15, 0.2) is 0 Å². The highest BCUT2D eigenvalue weighted by atomic mass is 16.5. The number of esters is 2. The average Bonchev–Trinajstić information content (AvgIpc) is 3.05. The minimum atomic E-state index is -0.774. The van der Waals surface area contributed by atoms with Gasteiger partial charge in [-0.15, -0.1) is 0 Å². The van der Waals surface area contributed by atoms with Crippen LogP contribution in [0.5, 0.6) is 0 Å². The summed E-state index contributed by atoms with van der Waals surface area (Å²) in [6.45, 7) is 8.25. The molecule has 2 aliphatic rings. The van der Waals surface area contributed by atoms with Crippen LogP contribution in [0.3, 0.4) is 0 Å². The maximum absolute atomic E-state index is 12.8. The Kier molecular flexibility index (Phi) is 4.45. The van der Waals surface area contributed by atoms with Crippen LogP contribution in [0.15, 0.2) is 12.2 Å². The minimum Gasteiger partial charge on any atom is -0.466 e. The summed E-state index contributed by atoms with van der Waals surface area (Å²) in [4.78, 5) is 25.6. The van der Waals surface area contributed by atoms with Gasteiger partial charge in [0.05, 0.1) is 24.0 Å². The highest BCUT2D eigenvalue weighted by molar-refractivity contribution is 5.91. The van der Waals surface area contributed by atoms with Crippen LogP contribution in [0, 0.1) is 22.7 Å². The largest absolute Gasteiger partial charge is 0.466 e. The van der Waals surface area contributed by atoms with Crippen LogP contribution >= 0.6 is 0 Å². The first-order chi connectivity index (χ1) is 10.0. The number of ether oxygens (including phenoxy) is 2. The summed E-state index contributed by atoms with van der Waals surface area (Å²) in [6.07, 6.45) is 6.24. The molecule has 0 aliphatic heterocycles. The van der Waals surface area contributed by atoms with E-state index in [0.29, 0.717) is 26.1 Å². The Bertz CT molecular complexity index is 416. The molecule has 0 amide bonds. The number of rotatable bonds is 6. The van der Waals surface area contributed by atoms with Crippen molar-refractivity contribution in [2.45, 2.75) is 47.0 Å². The average molecular weight is 294 g/mol. The molecule has 0 N–H and O–H groups in total. The van der Waals surface area contributed by atoms with Crippen molar-refractivity contribution in [3.63, 3.8) is 0 Å². The van der Waals surface area contributed by atoms with E-state index in [2.05, 4.69) is 12.2 Å². The van der Waals surface area contributed by atoms with Gasteiger partial charge in [-0.25, -0.2) is 0 Å². The molecule has 118 valence electrons. The maximum Gasteiger partial charge on any atom is 0.313 e. The van der Waals surface area contributed by atoms with Crippen molar-refractivity contribution in [2.24, 2.45) is 22.7 Å². The second kappa shape index (κ2) is 5.82. The van der Waals surface area contributed by atoms with Crippen molar-refractivity contribution in [1.82, 2.24) is 0 Å². The topological polar surface area (TPSA) is 52.6 Å². The molecule has 0 radical (unpaired) electrons. The molecule has 4 nitrogen and oxygen atoms in total. The van der Waals surface area contributed by atoms with Gasteiger partial charge in [0.2, 0.25) is 0 Å². The predicted octanol–water partition coefficient (Wildman–Crippen LogP) is 3.11. The lowest BCUT2D eigenvalue weighted by molar-refractivity contribution is -0.184. The van der Waals surface area contributed by atoms with Gasteiger partial charge in [-0.3, -0.25) is 9.59 Å². The molecule has 0 aromatic rings. The van der Waals surface area contributed by atoms with E-state index in [0.717, 1.165) is 6.42 Å². The van der Waals surface area contributed by atoms with Crippen molar-refractivity contribution < 1.29 is 19.1 Å². The Labute approximate surface area is 126 Å². The summed E-state index contributed by atoms with van der Waals surface area (Å²) in [5.74, 6) is -0.315. The van der Waals surface area contributed by atoms with Crippen molar-refractivity contribution in [1.29, 1.82) is 0 Å². The number of fused-ring (bicyclic) bond motifs is 2. The molecular weight excluding hydrogens is 268 g/mol. The zero-order valence-electron chi connectivity index (χ0n) is 13.5. The van der Waals surface area contributed by atoms with E-state index < -0.39 is 10.8 Å². The fourth-order valence-electron chi connectivity index (χ4n) is 4.72. The molecule has 1 fully saturated rings. The van der Waals surface area contributed by atoms with Crippen LogP contribution in [0.25, 0.3) is 0 Å². The fourth-order valence-corrected chi connectivity index (χ4v) is 4.72. The molecule has 2 unspecified atom stereocenters. The molecule has 2 rings (SSSR count). The molecule has 4 atom stereocenters. The predicted molar refractivity (Wildman–Crippen MR) is 79.5 cm³/mol. The van der Waals surface area contributed by atoms with E-state index in [1.807, 2.05) is 27.7 Å². The molecule has 2 aliphatic carbocycles. The molecular formula is C17H26O4. The monoisotopic (exact) mass is 294 g/mol. The Hall–Kier alpha value is -1.32. The van der Waals surface area contributed by atoms with Crippen molar-refractivity contribution in [3.8, 4) is 0 Å². The number of allylic oxidation sites excluding steroid dienone is 2.